The number of carbonyl (C=O) groups excluding carboxylic acids is 2. The van der Waals surface area contributed by atoms with Crippen LogP contribution in [0.1, 0.15) is 71.6 Å². The number of hydrogen-bond donors (Lipinski definition) is 0. The average Bonchev–Trinajstić information content (AvgIpc) is 2.43. The Morgan fingerprint density at radius 2 is 0.947 bits per heavy atom. The molecule has 0 unspecified atom stereocenters. The van der Waals surface area contributed by atoms with Crippen LogP contribution in [0.15, 0.2) is 9.98 Å². The highest BCUT2D eigenvalue weighted by atomic mass is 16.1. The van der Waals surface area contributed by atoms with Crippen molar-refractivity contribution in [2.24, 2.45) is 9.98 Å². The van der Waals surface area contributed by atoms with E-state index < -0.39 is 0 Å². The first-order valence-electron chi connectivity index (χ1n) is 7.00. The Bertz CT molecular complexity index is 274. The van der Waals surface area contributed by atoms with Gasteiger partial charge >= 0.3 is 0 Å². The molecule has 0 atom stereocenters. The largest absolute Gasteiger partial charge is 0.235 e. The predicted molar refractivity (Wildman–Crippen MR) is 76.7 cm³/mol. The highest BCUT2D eigenvalue weighted by Crippen LogP contribution is 2.20. The van der Waals surface area contributed by atoms with E-state index in [4.69, 9.17) is 0 Å². The lowest BCUT2D eigenvalue weighted by atomic mass is 9.96. The van der Waals surface area contributed by atoms with Gasteiger partial charge in [0.1, 0.15) is 0 Å². The molecule has 0 aromatic rings. The Kier molecular flexibility index (Phi) is 11.1. The monoisotopic (exact) mass is 266 g/mol. The Morgan fingerprint density at radius 1 is 0.632 bits per heavy atom. The van der Waals surface area contributed by atoms with E-state index in [9.17, 15) is 9.59 Å². The Hall–Kier alpha value is -1.24. The van der Waals surface area contributed by atoms with Crippen LogP contribution in [0, 0.1) is 0 Å². The van der Waals surface area contributed by atoms with E-state index in [1.54, 1.807) is 12.2 Å². The summed E-state index contributed by atoms with van der Waals surface area (Å²) in [6.45, 7) is 0. The molecule has 108 valence electrons. The molecule has 19 heavy (non-hydrogen) atoms. The molecule has 0 amide bonds. The molecule has 0 N–H and O–H groups in total. The maximum absolute atomic E-state index is 9.78. The van der Waals surface area contributed by atoms with Gasteiger partial charge in [0.05, 0.1) is 12.1 Å². The molecular formula is C15H26N2O2. The first kappa shape index (κ1) is 17.8. The van der Waals surface area contributed by atoms with Crippen molar-refractivity contribution in [2.75, 3.05) is 0 Å². The second kappa shape index (κ2) is 11.8. The molecule has 0 aliphatic heterocycles. The summed E-state index contributed by atoms with van der Waals surface area (Å²) in [5.74, 6) is 0. The van der Waals surface area contributed by atoms with E-state index in [0.29, 0.717) is 12.1 Å². The van der Waals surface area contributed by atoms with Crippen LogP contribution in [0.3, 0.4) is 0 Å². The minimum atomic E-state index is 0. The van der Waals surface area contributed by atoms with Gasteiger partial charge in [0.25, 0.3) is 0 Å². The number of isocyanates is 2. The fourth-order valence-corrected chi connectivity index (χ4v) is 2.57. The lowest BCUT2D eigenvalue weighted by Gasteiger charge is -2.14. The Labute approximate surface area is 116 Å². The third kappa shape index (κ3) is 8.47. The summed E-state index contributed by atoms with van der Waals surface area (Å²) in [7, 11) is 0. The van der Waals surface area contributed by atoms with Crippen molar-refractivity contribution in [3.05, 3.63) is 0 Å². The zero-order valence-electron chi connectivity index (χ0n) is 10.9. The predicted octanol–water partition coefficient (Wildman–Crippen LogP) is 3.95. The smallest absolute Gasteiger partial charge is 0.211 e. The lowest BCUT2D eigenvalue weighted by Crippen LogP contribution is -2.08. The van der Waals surface area contributed by atoms with Crippen molar-refractivity contribution < 1.29 is 9.59 Å². The summed E-state index contributed by atoms with van der Waals surface area (Å²) in [6.07, 6.45) is 15.1. The van der Waals surface area contributed by atoms with Crippen LogP contribution in [0.5, 0.6) is 0 Å². The van der Waals surface area contributed by atoms with Gasteiger partial charge in [-0.1, -0.05) is 46.0 Å². The zero-order valence-corrected chi connectivity index (χ0v) is 10.9. The standard InChI is InChI=1S/2C7H11NO.CH4/c2*9-6-8-7-4-2-1-3-5-7;/h2*7H,1-5H2;1H4. The van der Waals surface area contributed by atoms with E-state index in [0.717, 1.165) is 25.7 Å². The zero-order chi connectivity index (χ0) is 13.1. The summed E-state index contributed by atoms with van der Waals surface area (Å²) in [5.41, 5.74) is 0. The Morgan fingerprint density at radius 3 is 1.21 bits per heavy atom. The van der Waals surface area contributed by atoms with Gasteiger partial charge in [-0.2, -0.15) is 0 Å². The Balaban J connectivity index is 0.000000324. The van der Waals surface area contributed by atoms with Gasteiger partial charge in [0.2, 0.25) is 12.2 Å². The van der Waals surface area contributed by atoms with E-state index in [-0.39, 0.29) is 7.43 Å². The molecule has 2 rings (SSSR count). The van der Waals surface area contributed by atoms with Crippen LogP contribution in [-0.4, -0.2) is 24.2 Å². The average molecular weight is 266 g/mol. The molecular weight excluding hydrogens is 240 g/mol. The normalized spacial score (nSPS) is 19.8. The van der Waals surface area contributed by atoms with E-state index in [2.05, 4.69) is 9.98 Å². The molecule has 0 spiro atoms. The van der Waals surface area contributed by atoms with Crippen molar-refractivity contribution >= 4 is 12.2 Å². The minimum absolute atomic E-state index is 0. The van der Waals surface area contributed by atoms with Gasteiger partial charge in [0.15, 0.2) is 0 Å². The van der Waals surface area contributed by atoms with Crippen LogP contribution in [-0.2, 0) is 9.59 Å². The highest BCUT2D eigenvalue weighted by molar-refractivity contribution is 5.33. The molecule has 2 aliphatic rings. The molecule has 0 aromatic heterocycles. The lowest BCUT2D eigenvalue weighted by molar-refractivity contribution is 0.439. The van der Waals surface area contributed by atoms with Crippen LogP contribution in [0.25, 0.3) is 0 Å². The first-order chi connectivity index (χ1) is 8.86. The molecule has 2 saturated carbocycles. The number of aliphatic imine (C=N–C) groups is 2. The number of hydrogen-bond acceptors (Lipinski definition) is 4. The van der Waals surface area contributed by atoms with Crippen LogP contribution in [0.4, 0.5) is 0 Å². The summed E-state index contributed by atoms with van der Waals surface area (Å²) in [5, 5.41) is 0. The van der Waals surface area contributed by atoms with E-state index in [1.165, 1.54) is 38.5 Å². The van der Waals surface area contributed by atoms with Gasteiger partial charge in [0, 0.05) is 0 Å². The van der Waals surface area contributed by atoms with Gasteiger partial charge in [-0.25, -0.2) is 19.6 Å². The van der Waals surface area contributed by atoms with Crippen LogP contribution < -0.4 is 0 Å². The molecule has 0 heterocycles. The van der Waals surface area contributed by atoms with Gasteiger partial charge in [-0.15, -0.1) is 0 Å². The molecule has 0 aromatic carbocycles. The van der Waals surface area contributed by atoms with Crippen molar-refractivity contribution in [2.45, 2.75) is 83.7 Å². The number of rotatable bonds is 2. The summed E-state index contributed by atoms with van der Waals surface area (Å²) >= 11 is 0. The third-order valence-corrected chi connectivity index (χ3v) is 3.62. The van der Waals surface area contributed by atoms with Crippen molar-refractivity contribution in [3.8, 4) is 0 Å². The summed E-state index contributed by atoms with van der Waals surface area (Å²) < 4.78 is 0. The van der Waals surface area contributed by atoms with E-state index >= 15 is 0 Å². The first-order valence-corrected chi connectivity index (χ1v) is 7.00. The van der Waals surface area contributed by atoms with Crippen molar-refractivity contribution in [1.82, 2.24) is 0 Å². The SMILES string of the molecule is C.O=C=NC1CCCCC1.O=C=NC1CCCCC1. The molecule has 4 nitrogen and oxygen atoms in total. The van der Waals surface area contributed by atoms with E-state index in [1.807, 2.05) is 0 Å². The molecule has 0 bridgehead atoms. The maximum Gasteiger partial charge on any atom is 0.235 e. The summed E-state index contributed by atoms with van der Waals surface area (Å²) in [4.78, 5) is 26.9. The molecule has 0 saturated heterocycles. The molecule has 2 fully saturated rings. The second-order valence-electron chi connectivity index (χ2n) is 5.02. The van der Waals surface area contributed by atoms with Gasteiger partial charge in [-0.05, 0) is 25.7 Å². The fraction of sp³-hybridized carbons (Fsp3) is 0.867. The fourth-order valence-electron chi connectivity index (χ4n) is 2.57. The van der Waals surface area contributed by atoms with Crippen LogP contribution >= 0.6 is 0 Å². The topological polar surface area (TPSA) is 58.9 Å². The number of nitrogens with zero attached hydrogens (tertiary/aromatic N) is 2. The van der Waals surface area contributed by atoms with Gasteiger partial charge < -0.3 is 0 Å². The van der Waals surface area contributed by atoms with Crippen LogP contribution in [0.2, 0.25) is 0 Å². The highest BCUT2D eigenvalue weighted by Gasteiger charge is 2.11. The molecule has 2 aliphatic carbocycles. The second-order valence-corrected chi connectivity index (χ2v) is 5.02. The molecule has 4 heteroatoms. The van der Waals surface area contributed by atoms with Gasteiger partial charge in [-0.3, -0.25) is 0 Å². The summed E-state index contributed by atoms with van der Waals surface area (Å²) in [6, 6.07) is 0.604. The van der Waals surface area contributed by atoms with Crippen molar-refractivity contribution in [3.63, 3.8) is 0 Å². The van der Waals surface area contributed by atoms with Crippen molar-refractivity contribution in [1.29, 1.82) is 0 Å². The quantitative estimate of drug-likeness (QED) is 0.561. The molecule has 0 radical (unpaired) electrons. The maximum atomic E-state index is 9.78. The third-order valence-electron chi connectivity index (χ3n) is 3.62. The minimum Gasteiger partial charge on any atom is -0.211 e.